The third kappa shape index (κ3) is 3.13. The summed E-state index contributed by atoms with van der Waals surface area (Å²) in [4.78, 5) is 4.39. The summed E-state index contributed by atoms with van der Waals surface area (Å²) < 4.78 is 2.08. The van der Waals surface area contributed by atoms with Crippen LogP contribution in [0.2, 0.25) is 0 Å². The van der Waals surface area contributed by atoms with E-state index >= 15 is 0 Å². The maximum Gasteiger partial charge on any atom is 0.207 e. The number of hydrogen-bond donors (Lipinski definition) is 1. The van der Waals surface area contributed by atoms with E-state index in [0.29, 0.717) is 12.0 Å². The number of nitrogens with zero attached hydrogens (tertiary/aromatic N) is 2. The topological polar surface area (TPSA) is 29.9 Å². The molecule has 18 heavy (non-hydrogen) atoms. The molecule has 0 spiro atoms. The Labute approximate surface area is 109 Å². The van der Waals surface area contributed by atoms with Crippen LogP contribution in [-0.2, 0) is 0 Å². The van der Waals surface area contributed by atoms with Gasteiger partial charge in [0.2, 0.25) is 5.95 Å². The van der Waals surface area contributed by atoms with Crippen molar-refractivity contribution < 1.29 is 0 Å². The zero-order valence-corrected chi connectivity index (χ0v) is 11.3. The zero-order chi connectivity index (χ0) is 13.0. The Balaban J connectivity index is 2.14. The minimum absolute atomic E-state index is 0.426. The summed E-state index contributed by atoms with van der Waals surface area (Å²) in [5.41, 5.74) is 1.13. The number of hydrogen-bond acceptors (Lipinski definition) is 2. The number of imidazole rings is 1. The summed E-state index contributed by atoms with van der Waals surface area (Å²) in [5, 5.41) is 3.47. The van der Waals surface area contributed by atoms with Gasteiger partial charge in [0.1, 0.15) is 0 Å². The van der Waals surface area contributed by atoms with Gasteiger partial charge in [-0.25, -0.2) is 4.98 Å². The van der Waals surface area contributed by atoms with Crippen molar-refractivity contribution in [1.29, 1.82) is 0 Å². The van der Waals surface area contributed by atoms with Gasteiger partial charge < -0.3 is 5.32 Å². The van der Waals surface area contributed by atoms with Crippen molar-refractivity contribution in [2.24, 2.45) is 5.92 Å². The highest BCUT2D eigenvalue weighted by atomic mass is 15.2. The molecule has 0 aliphatic heterocycles. The quantitative estimate of drug-likeness (QED) is 0.867. The Morgan fingerprint density at radius 3 is 2.56 bits per heavy atom. The molecule has 0 saturated heterocycles. The molecule has 1 N–H and O–H groups in total. The van der Waals surface area contributed by atoms with E-state index in [1.54, 1.807) is 0 Å². The first-order chi connectivity index (χ1) is 8.66. The summed E-state index contributed by atoms with van der Waals surface area (Å²) in [6, 6.07) is 10.7. The summed E-state index contributed by atoms with van der Waals surface area (Å²) in [5.74, 6) is 1.60. The molecule has 0 fully saturated rings. The van der Waals surface area contributed by atoms with Gasteiger partial charge in [-0.15, -0.1) is 0 Å². The van der Waals surface area contributed by atoms with E-state index in [1.165, 1.54) is 0 Å². The average molecular weight is 243 g/mol. The van der Waals surface area contributed by atoms with Crippen LogP contribution in [0.5, 0.6) is 0 Å². The van der Waals surface area contributed by atoms with Gasteiger partial charge in [0, 0.05) is 24.1 Å². The maximum absolute atomic E-state index is 4.39. The third-order valence-electron chi connectivity index (χ3n) is 2.88. The van der Waals surface area contributed by atoms with Crippen LogP contribution in [0, 0.1) is 5.92 Å². The first kappa shape index (κ1) is 12.7. The Bertz CT molecular complexity index is 473. The van der Waals surface area contributed by atoms with Crippen LogP contribution in [0.4, 0.5) is 5.95 Å². The van der Waals surface area contributed by atoms with Gasteiger partial charge >= 0.3 is 0 Å². The van der Waals surface area contributed by atoms with Crippen molar-refractivity contribution in [2.75, 3.05) is 5.32 Å². The van der Waals surface area contributed by atoms with Gasteiger partial charge in [-0.2, -0.15) is 0 Å². The zero-order valence-electron chi connectivity index (χ0n) is 11.3. The SMILES string of the molecule is CC(C)CC(C)Nc1nccn1-c1ccccc1. The first-order valence-electron chi connectivity index (χ1n) is 6.52. The maximum atomic E-state index is 4.39. The normalized spacial score (nSPS) is 12.7. The van der Waals surface area contributed by atoms with Gasteiger partial charge in [-0.05, 0) is 31.4 Å². The molecule has 0 saturated carbocycles. The summed E-state index contributed by atoms with van der Waals surface area (Å²) in [7, 11) is 0. The fourth-order valence-electron chi connectivity index (χ4n) is 2.19. The van der Waals surface area contributed by atoms with Crippen molar-refractivity contribution in [1.82, 2.24) is 9.55 Å². The molecule has 1 heterocycles. The minimum atomic E-state index is 0.426. The van der Waals surface area contributed by atoms with Crippen LogP contribution in [0.25, 0.3) is 5.69 Å². The van der Waals surface area contributed by atoms with Crippen LogP contribution < -0.4 is 5.32 Å². The molecule has 0 bridgehead atoms. The lowest BCUT2D eigenvalue weighted by Crippen LogP contribution is -2.19. The second-order valence-corrected chi connectivity index (χ2v) is 5.13. The molecule has 96 valence electrons. The highest BCUT2D eigenvalue weighted by molar-refractivity contribution is 5.41. The number of anilines is 1. The third-order valence-corrected chi connectivity index (χ3v) is 2.88. The number of aromatic nitrogens is 2. The molecule has 1 aromatic heterocycles. The molecule has 1 aromatic carbocycles. The monoisotopic (exact) mass is 243 g/mol. The summed E-state index contributed by atoms with van der Waals surface area (Å²) in [6.07, 6.45) is 4.96. The van der Waals surface area contributed by atoms with E-state index in [4.69, 9.17) is 0 Å². The van der Waals surface area contributed by atoms with E-state index in [9.17, 15) is 0 Å². The van der Waals surface area contributed by atoms with Crippen LogP contribution >= 0.6 is 0 Å². The number of benzene rings is 1. The predicted molar refractivity (Wildman–Crippen MR) is 76.1 cm³/mol. The van der Waals surface area contributed by atoms with Crippen molar-refractivity contribution in [3.63, 3.8) is 0 Å². The second-order valence-electron chi connectivity index (χ2n) is 5.13. The Kier molecular flexibility index (Phi) is 4.03. The van der Waals surface area contributed by atoms with Crippen molar-refractivity contribution in [3.05, 3.63) is 42.7 Å². The Morgan fingerprint density at radius 1 is 1.17 bits per heavy atom. The molecule has 0 aliphatic carbocycles. The van der Waals surface area contributed by atoms with Crippen molar-refractivity contribution >= 4 is 5.95 Å². The van der Waals surface area contributed by atoms with E-state index < -0.39 is 0 Å². The fourth-order valence-corrected chi connectivity index (χ4v) is 2.19. The predicted octanol–water partition coefficient (Wildman–Crippen LogP) is 3.72. The van der Waals surface area contributed by atoms with Crippen LogP contribution in [0.3, 0.4) is 0 Å². The number of nitrogens with one attached hydrogen (secondary N) is 1. The Hall–Kier alpha value is -1.77. The second kappa shape index (κ2) is 5.71. The fraction of sp³-hybridized carbons (Fsp3) is 0.400. The van der Waals surface area contributed by atoms with Crippen molar-refractivity contribution in [2.45, 2.75) is 33.2 Å². The lowest BCUT2D eigenvalue weighted by atomic mass is 10.1. The molecule has 3 heteroatoms. The van der Waals surface area contributed by atoms with E-state index in [2.05, 4.69) is 47.8 Å². The van der Waals surface area contributed by atoms with Gasteiger partial charge in [-0.3, -0.25) is 4.57 Å². The van der Waals surface area contributed by atoms with E-state index in [0.717, 1.165) is 18.1 Å². The summed E-state index contributed by atoms with van der Waals surface area (Å²) >= 11 is 0. The molecule has 0 amide bonds. The van der Waals surface area contributed by atoms with Gasteiger partial charge in [0.15, 0.2) is 0 Å². The molecule has 1 unspecified atom stereocenters. The number of rotatable bonds is 5. The molecule has 0 radical (unpaired) electrons. The molecular formula is C15H21N3. The smallest absolute Gasteiger partial charge is 0.207 e. The lowest BCUT2D eigenvalue weighted by Gasteiger charge is -2.17. The molecule has 3 nitrogen and oxygen atoms in total. The molecule has 1 atom stereocenters. The van der Waals surface area contributed by atoms with Gasteiger partial charge in [0.05, 0.1) is 0 Å². The average Bonchev–Trinajstić information content (AvgIpc) is 2.77. The van der Waals surface area contributed by atoms with Gasteiger partial charge in [-0.1, -0.05) is 32.0 Å². The van der Waals surface area contributed by atoms with Crippen LogP contribution in [0.1, 0.15) is 27.2 Å². The number of para-hydroxylation sites is 1. The minimum Gasteiger partial charge on any atom is -0.353 e. The molecule has 0 aliphatic rings. The molecule has 2 rings (SSSR count). The largest absolute Gasteiger partial charge is 0.353 e. The van der Waals surface area contributed by atoms with Crippen LogP contribution in [0.15, 0.2) is 42.7 Å². The highest BCUT2D eigenvalue weighted by Crippen LogP contribution is 2.16. The van der Waals surface area contributed by atoms with E-state index in [-0.39, 0.29) is 0 Å². The van der Waals surface area contributed by atoms with Gasteiger partial charge in [0.25, 0.3) is 0 Å². The van der Waals surface area contributed by atoms with Crippen molar-refractivity contribution in [3.8, 4) is 5.69 Å². The lowest BCUT2D eigenvalue weighted by molar-refractivity contribution is 0.537. The summed E-state index contributed by atoms with van der Waals surface area (Å²) in [6.45, 7) is 6.67. The molecule has 2 aromatic rings. The standard InChI is InChI=1S/C15H21N3/c1-12(2)11-13(3)17-15-16-9-10-18(15)14-7-5-4-6-8-14/h4-10,12-13H,11H2,1-3H3,(H,16,17). The first-order valence-corrected chi connectivity index (χ1v) is 6.52. The Morgan fingerprint density at radius 2 is 1.89 bits per heavy atom. The highest BCUT2D eigenvalue weighted by Gasteiger charge is 2.09. The van der Waals surface area contributed by atoms with Crippen LogP contribution in [-0.4, -0.2) is 15.6 Å². The molecular weight excluding hydrogens is 222 g/mol. The van der Waals surface area contributed by atoms with E-state index in [1.807, 2.05) is 30.6 Å².